The number of rotatable bonds is 5. The second kappa shape index (κ2) is 10.6. The maximum absolute atomic E-state index is 10.9. The van der Waals surface area contributed by atoms with Crippen molar-refractivity contribution in [2.45, 2.75) is 32.6 Å². The van der Waals surface area contributed by atoms with E-state index in [0.717, 1.165) is 12.8 Å². The predicted molar refractivity (Wildman–Crippen MR) is 65.3 cm³/mol. The van der Waals surface area contributed by atoms with Crippen LogP contribution in [0.15, 0.2) is 0 Å². The molecule has 14 heavy (non-hydrogen) atoms. The Labute approximate surface area is 99.1 Å². The van der Waals surface area contributed by atoms with E-state index in [2.05, 4.69) is 51.6 Å². The lowest BCUT2D eigenvalue weighted by Gasteiger charge is -2.01. The number of ether oxygens (including phenoxy) is 1. The third kappa shape index (κ3) is 9.65. The molecule has 0 fully saturated rings. The number of nitrogens with one attached hydrogen (secondary N) is 1. The molecule has 0 saturated heterocycles. The Morgan fingerprint density at radius 1 is 1.43 bits per heavy atom. The highest BCUT2D eigenvalue weighted by Gasteiger charge is 1.97. The van der Waals surface area contributed by atoms with Crippen molar-refractivity contribution in [2.75, 3.05) is 11.0 Å². The molecular formula is C10H16INO2. The molecule has 0 aliphatic carbocycles. The third-order valence-corrected chi connectivity index (χ3v) is 1.96. The minimum atomic E-state index is -0.446. The number of carbonyl (C=O) groups is 1. The molecule has 0 atom stereocenters. The maximum Gasteiger partial charge on any atom is 0.421 e. The van der Waals surface area contributed by atoms with Crippen molar-refractivity contribution < 1.29 is 9.53 Å². The van der Waals surface area contributed by atoms with E-state index in [4.69, 9.17) is 0 Å². The fraction of sp³-hybridized carbons (Fsp3) is 0.700. The number of amides is 1. The zero-order valence-electron chi connectivity index (χ0n) is 8.44. The average Bonchev–Trinajstić information content (AvgIpc) is 2.18. The fourth-order valence-electron chi connectivity index (χ4n) is 0.888. The van der Waals surface area contributed by atoms with E-state index in [-0.39, 0.29) is 0 Å². The smallest absolute Gasteiger partial charge is 0.356 e. The monoisotopic (exact) mass is 309 g/mol. The summed E-state index contributed by atoms with van der Waals surface area (Å²) >= 11 is 2.09. The zero-order chi connectivity index (χ0) is 10.6. The molecule has 0 aromatic carbocycles. The number of hydrogen-bond donors (Lipinski definition) is 1. The molecule has 80 valence electrons. The largest absolute Gasteiger partial charge is 0.421 e. The number of carbonyl (C=O) groups excluding carboxylic acids is 1. The van der Waals surface area contributed by atoms with E-state index in [1.165, 1.54) is 12.8 Å². The molecule has 0 aliphatic rings. The van der Waals surface area contributed by atoms with Gasteiger partial charge in [0.1, 0.15) is 6.11 Å². The molecule has 3 nitrogen and oxygen atoms in total. The molecule has 0 saturated carbocycles. The van der Waals surface area contributed by atoms with Crippen LogP contribution in [0, 0.1) is 12.0 Å². The number of hydrogen-bond acceptors (Lipinski definition) is 2. The Hall–Kier alpha value is -0.440. The Kier molecular flexibility index (Phi) is 10.3. The van der Waals surface area contributed by atoms with Crippen LogP contribution in [0.5, 0.6) is 0 Å². The van der Waals surface area contributed by atoms with Gasteiger partial charge in [-0.1, -0.05) is 48.8 Å². The molecule has 1 amide bonds. The molecule has 0 rings (SSSR count). The van der Waals surface area contributed by atoms with Crippen LogP contribution in [-0.2, 0) is 4.74 Å². The van der Waals surface area contributed by atoms with Crippen LogP contribution in [0.25, 0.3) is 0 Å². The van der Waals surface area contributed by atoms with Crippen LogP contribution < -0.4 is 5.32 Å². The van der Waals surface area contributed by atoms with Gasteiger partial charge in [-0.15, -0.1) is 0 Å². The van der Waals surface area contributed by atoms with Crippen molar-refractivity contribution in [3.63, 3.8) is 0 Å². The van der Waals surface area contributed by atoms with Gasteiger partial charge in [-0.2, -0.15) is 0 Å². The van der Waals surface area contributed by atoms with Crippen LogP contribution in [0.1, 0.15) is 32.6 Å². The van der Waals surface area contributed by atoms with Crippen molar-refractivity contribution in [2.24, 2.45) is 0 Å². The van der Waals surface area contributed by atoms with E-state index in [0.29, 0.717) is 11.0 Å². The Balaban J connectivity index is 3.27. The maximum atomic E-state index is 10.9. The highest BCUT2D eigenvalue weighted by atomic mass is 127. The van der Waals surface area contributed by atoms with E-state index in [9.17, 15) is 4.79 Å². The van der Waals surface area contributed by atoms with Gasteiger partial charge in [-0.05, 0) is 12.3 Å². The van der Waals surface area contributed by atoms with Gasteiger partial charge in [0.05, 0.1) is 4.43 Å². The second-order valence-electron chi connectivity index (χ2n) is 2.79. The second-order valence-corrected chi connectivity index (χ2v) is 3.55. The third-order valence-electron chi connectivity index (χ3n) is 1.58. The summed E-state index contributed by atoms with van der Waals surface area (Å²) in [5, 5.41) is 2.63. The lowest BCUT2D eigenvalue weighted by Crippen LogP contribution is -2.23. The molecule has 0 heterocycles. The van der Waals surface area contributed by atoms with E-state index in [1.54, 1.807) is 0 Å². The van der Waals surface area contributed by atoms with Gasteiger partial charge in [-0.3, -0.25) is 0 Å². The Morgan fingerprint density at radius 2 is 2.21 bits per heavy atom. The van der Waals surface area contributed by atoms with Crippen molar-refractivity contribution in [1.82, 2.24) is 5.32 Å². The lowest BCUT2D eigenvalue weighted by atomic mass is 10.2. The summed E-state index contributed by atoms with van der Waals surface area (Å²) in [5.74, 6) is 2.64. The minimum Gasteiger partial charge on any atom is -0.356 e. The van der Waals surface area contributed by atoms with E-state index in [1.807, 2.05) is 0 Å². The van der Waals surface area contributed by atoms with Gasteiger partial charge in [0.15, 0.2) is 0 Å². The number of alkyl halides is 1. The first kappa shape index (κ1) is 13.6. The summed E-state index contributed by atoms with van der Waals surface area (Å²) in [6, 6.07) is 0. The van der Waals surface area contributed by atoms with Crippen LogP contribution >= 0.6 is 22.6 Å². The van der Waals surface area contributed by atoms with Crippen LogP contribution in [0.2, 0.25) is 0 Å². The molecule has 0 aromatic heterocycles. The van der Waals surface area contributed by atoms with Gasteiger partial charge >= 0.3 is 6.09 Å². The van der Waals surface area contributed by atoms with Crippen LogP contribution in [0.3, 0.4) is 0 Å². The number of unbranched alkanes of at least 4 members (excludes halogenated alkanes) is 3. The summed E-state index contributed by atoms with van der Waals surface area (Å²) < 4.78 is 5.24. The quantitative estimate of drug-likeness (QED) is 0.367. The van der Waals surface area contributed by atoms with Crippen molar-refractivity contribution in [3.8, 4) is 12.0 Å². The zero-order valence-corrected chi connectivity index (χ0v) is 10.6. The summed E-state index contributed by atoms with van der Waals surface area (Å²) in [7, 11) is 0. The van der Waals surface area contributed by atoms with Gasteiger partial charge in [0, 0.05) is 6.54 Å². The first-order valence-corrected chi connectivity index (χ1v) is 6.32. The lowest BCUT2D eigenvalue weighted by molar-refractivity contribution is 0.191. The minimum absolute atomic E-state index is 0.446. The summed E-state index contributed by atoms with van der Waals surface area (Å²) in [4.78, 5) is 10.9. The SMILES string of the molecule is CCCCCCNC(=O)OC#CCI. The Bertz CT molecular complexity index is 208. The topological polar surface area (TPSA) is 38.3 Å². The van der Waals surface area contributed by atoms with Gasteiger partial charge in [0.2, 0.25) is 0 Å². The normalized spacial score (nSPS) is 8.71. The van der Waals surface area contributed by atoms with Gasteiger partial charge in [0.25, 0.3) is 0 Å². The first-order valence-electron chi connectivity index (χ1n) is 4.79. The number of halogens is 1. The summed E-state index contributed by atoms with van der Waals surface area (Å²) in [6.07, 6.45) is 6.44. The molecule has 0 aromatic rings. The standard InChI is InChI=1S/C10H16INO2/c1-2-3-4-5-8-12-10(13)14-9-6-7-11/h2-5,7-8H2,1H3,(H,12,13). The summed E-state index contributed by atoms with van der Waals surface area (Å²) in [5.41, 5.74) is 0. The van der Waals surface area contributed by atoms with Gasteiger partial charge < -0.3 is 10.1 Å². The van der Waals surface area contributed by atoms with Gasteiger partial charge in [-0.25, -0.2) is 4.79 Å². The highest BCUT2D eigenvalue weighted by molar-refractivity contribution is 14.1. The molecule has 1 N–H and O–H groups in total. The molecule has 0 unspecified atom stereocenters. The van der Waals surface area contributed by atoms with Crippen LogP contribution in [0.4, 0.5) is 4.79 Å². The highest BCUT2D eigenvalue weighted by Crippen LogP contribution is 1.96. The molecular weight excluding hydrogens is 293 g/mol. The molecule has 0 radical (unpaired) electrons. The first-order chi connectivity index (χ1) is 6.81. The molecule has 0 spiro atoms. The molecule has 0 aliphatic heterocycles. The van der Waals surface area contributed by atoms with Crippen molar-refractivity contribution in [3.05, 3.63) is 0 Å². The fourth-order valence-corrected chi connectivity index (χ4v) is 1.04. The van der Waals surface area contributed by atoms with Crippen molar-refractivity contribution >= 4 is 28.7 Å². The van der Waals surface area contributed by atoms with E-state index < -0.39 is 6.09 Å². The van der Waals surface area contributed by atoms with E-state index >= 15 is 0 Å². The predicted octanol–water partition coefficient (Wildman–Crippen LogP) is 2.69. The number of alkyl carbamates (subject to hydrolysis) is 1. The van der Waals surface area contributed by atoms with Crippen LogP contribution in [-0.4, -0.2) is 17.1 Å². The average molecular weight is 309 g/mol. The Morgan fingerprint density at radius 3 is 2.86 bits per heavy atom. The van der Waals surface area contributed by atoms with Crippen molar-refractivity contribution in [1.29, 1.82) is 0 Å². The summed E-state index contributed by atoms with van der Waals surface area (Å²) in [6.45, 7) is 2.83. The molecule has 4 heteroatoms. The molecule has 0 bridgehead atoms.